The van der Waals surface area contributed by atoms with E-state index >= 15 is 0 Å². The minimum atomic E-state index is 0.393. The zero-order chi connectivity index (χ0) is 15.4. The fourth-order valence-electron chi connectivity index (χ4n) is 2.68. The van der Waals surface area contributed by atoms with Gasteiger partial charge < -0.3 is 5.32 Å². The predicted molar refractivity (Wildman–Crippen MR) is 86.8 cm³/mol. The number of rotatable bonds is 6. The zero-order valence-corrected chi connectivity index (χ0v) is 13.9. The Labute approximate surface area is 131 Å². The molecule has 0 fully saturated rings. The lowest BCUT2D eigenvalue weighted by Gasteiger charge is -2.17. The topological polar surface area (TPSA) is 42.7 Å². The van der Waals surface area contributed by atoms with Gasteiger partial charge in [-0.1, -0.05) is 11.6 Å². The van der Waals surface area contributed by atoms with Crippen LogP contribution in [0, 0.1) is 13.8 Å². The van der Waals surface area contributed by atoms with Crippen LogP contribution in [0.25, 0.3) is 0 Å². The Kier molecular flexibility index (Phi) is 5.37. The second kappa shape index (κ2) is 7.05. The van der Waals surface area contributed by atoms with E-state index in [1.165, 1.54) is 11.3 Å². The molecule has 0 radical (unpaired) electrons. The molecule has 0 amide bonds. The molecule has 0 bridgehead atoms. The third-order valence-corrected chi connectivity index (χ3v) is 4.47. The summed E-state index contributed by atoms with van der Waals surface area (Å²) in [5.74, 6) is 0. The first-order valence-corrected chi connectivity index (χ1v) is 7.65. The summed E-state index contributed by atoms with van der Waals surface area (Å²) in [5.41, 5.74) is 4.89. The number of pyridine rings is 1. The Bertz CT molecular complexity index is 606. The van der Waals surface area contributed by atoms with Crippen molar-refractivity contribution in [2.45, 2.75) is 39.2 Å². The summed E-state index contributed by atoms with van der Waals surface area (Å²) in [7, 11) is 4.00. The van der Waals surface area contributed by atoms with Gasteiger partial charge in [0, 0.05) is 31.2 Å². The van der Waals surface area contributed by atoms with Gasteiger partial charge in [-0.05, 0) is 57.4 Å². The summed E-state index contributed by atoms with van der Waals surface area (Å²) in [6.07, 6.45) is 6.50. The largest absolute Gasteiger partial charge is 0.317 e. The first-order chi connectivity index (χ1) is 10.0. The number of hydrogen-bond acceptors (Lipinski definition) is 3. The number of nitrogens with zero attached hydrogens (tertiary/aromatic N) is 3. The Morgan fingerprint density at radius 3 is 2.71 bits per heavy atom. The van der Waals surface area contributed by atoms with Crippen molar-refractivity contribution in [3.05, 3.63) is 46.0 Å². The van der Waals surface area contributed by atoms with Crippen LogP contribution in [0.1, 0.15) is 28.9 Å². The van der Waals surface area contributed by atoms with E-state index in [0.29, 0.717) is 6.04 Å². The van der Waals surface area contributed by atoms with Crippen LogP contribution in [0.2, 0.25) is 5.02 Å². The highest BCUT2D eigenvalue weighted by Crippen LogP contribution is 2.19. The van der Waals surface area contributed by atoms with Gasteiger partial charge in [0.1, 0.15) is 0 Å². The van der Waals surface area contributed by atoms with Crippen LogP contribution in [-0.2, 0) is 19.9 Å². The molecule has 114 valence electrons. The molecule has 0 aliphatic rings. The SMILES string of the molecule is CNC(CCc1c(C)nn(C)c1C)Cc1ccncc1Cl. The van der Waals surface area contributed by atoms with Crippen molar-refractivity contribution in [2.75, 3.05) is 7.05 Å². The number of aromatic nitrogens is 3. The van der Waals surface area contributed by atoms with E-state index in [2.05, 4.69) is 29.2 Å². The summed E-state index contributed by atoms with van der Waals surface area (Å²) in [6.45, 7) is 4.21. The number of nitrogens with one attached hydrogen (secondary N) is 1. The first kappa shape index (κ1) is 16.0. The van der Waals surface area contributed by atoms with Crippen molar-refractivity contribution in [1.29, 1.82) is 0 Å². The normalized spacial score (nSPS) is 12.6. The van der Waals surface area contributed by atoms with Crippen LogP contribution in [0.15, 0.2) is 18.5 Å². The molecule has 21 heavy (non-hydrogen) atoms. The fourth-order valence-corrected chi connectivity index (χ4v) is 2.88. The second-order valence-corrected chi connectivity index (χ2v) is 5.88. The zero-order valence-electron chi connectivity index (χ0n) is 13.2. The molecule has 4 nitrogen and oxygen atoms in total. The van der Waals surface area contributed by atoms with Gasteiger partial charge in [-0.3, -0.25) is 9.67 Å². The molecule has 1 N–H and O–H groups in total. The molecule has 2 aromatic rings. The van der Waals surface area contributed by atoms with Gasteiger partial charge in [0.05, 0.1) is 10.7 Å². The van der Waals surface area contributed by atoms with Crippen LogP contribution >= 0.6 is 11.6 Å². The van der Waals surface area contributed by atoms with Crippen LogP contribution in [0.4, 0.5) is 0 Å². The van der Waals surface area contributed by atoms with Crippen LogP contribution < -0.4 is 5.32 Å². The van der Waals surface area contributed by atoms with E-state index in [-0.39, 0.29) is 0 Å². The van der Waals surface area contributed by atoms with E-state index in [9.17, 15) is 0 Å². The molecule has 2 aromatic heterocycles. The van der Waals surface area contributed by atoms with Crippen molar-refractivity contribution < 1.29 is 0 Å². The first-order valence-electron chi connectivity index (χ1n) is 7.27. The second-order valence-electron chi connectivity index (χ2n) is 5.47. The lowest BCUT2D eigenvalue weighted by molar-refractivity contribution is 0.519. The predicted octanol–water partition coefficient (Wildman–Crippen LogP) is 2.85. The molecule has 0 aliphatic heterocycles. The molecular formula is C16H23ClN4. The maximum absolute atomic E-state index is 6.19. The average molecular weight is 307 g/mol. The summed E-state index contributed by atoms with van der Waals surface area (Å²) in [6, 6.07) is 2.39. The summed E-state index contributed by atoms with van der Waals surface area (Å²) < 4.78 is 1.96. The van der Waals surface area contributed by atoms with E-state index < -0.39 is 0 Å². The molecule has 0 aliphatic carbocycles. The maximum Gasteiger partial charge on any atom is 0.0628 e. The molecule has 0 saturated carbocycles. The molecule has 2 rings (SSSR count). The van der Waals surface area contributed by atoms with Gasteiger partial charge in [0.15, 0.2) is 0 Å². The van der Waals surface area contributed by atoms with Crippen LogP contribution in [-0.4, -0.2) is 27.9 Å². The number of halogens is 1. The van der Waals surface area contributed by atoms with Gasteiger partial charge in [0.2, 0.25) is 0 Å². The molecule has 0 saturated heterocycles. The van der Waals surface area contributed by atoms with Crippen molar-refractivity contribution >= 4 is 11.6 Å². The highest BCUT2D eigenvalue weighted by atomic mass is 35.5. The lowest BCUT2D eigenvalue weighted by atomic mass is 9.99. The highest BCUT2D eigenvalue weighted by molar-refractivity contribution is 6.31. The molecule has 5 heteroatoms. The van der Waals surface area contributed by atoms with Gasteiger partial charge in [-0.15, -0.1) is 0 Å². The van der Waals surface area contributed by atoms with E-state index in [4.69, 9.17) is 11.6 Å². The van der Waals surface area contributed by atoms with Crippen LogP contribution in [0.5, 0.6) is 0 Å². The van der Waals surface area contributed by atoms with Crippen molar-refractivity contribution in [3.63, 3.8) is 0 Å². The van der Waals surface area contributed by atoms with Crippen molar-refractivity contribution in [2.24, 2.45) is 7.05 Å². The minimum Gasteiger partial charge on any atom is -0.317 e. The number of aryl methyl sites for hydroxylation is 2. The van der Waals surface area contributed by atoms with E-state index in [1.807, 2.05) is 24.8 Å². The Morgan fingerprint density at radius 2 is 2.14 bits per heavy atom. The molecule has 1 unspecified atom stereocenters. The summed E-state index contributed by atoms with van der Waals surface area (Å²) in [5, 5.41) is 8.61. The Balaban J connectivity index is 2.01. The van der Waals surface area contributed by atoms with E-state index in [0.717, 1.165) is 35.5 Å². The Morgan fingerprint density at radius 1 is 1.38 bits per heavy atom. The van der Waals surface area contributed by atoms with Crippen molar-refractivity contribution in [3.8, 4) is 0 Å². The summed E-state index contributed by atoms with van der Waals surface area (Å²) >= 11 is 6.19. The molecule has 0 aromatic carbocycles. The molecule has 0 spiro atoms. The highest BCUT2D eigenvalue weighted by Gasteiger charge is 2.14. The average Bonchev–Trinajstić information content (AvgIpc) is 2.71. The van der Waals surface area contributed by atoms with Gasteiger partial charge >= 0.3 is 0 Å². The minimum absolute atomic E-state index is 0.393. The monoisotopic (exact) mass is 306 g/mol. The third kappa shape index (κ3) is 3.83. The third-order valence-electron chi connectivity index (χ3n) is 4.13. The standard InChI is InChI=1S/C16H23ClN4/c1-11-15(12(2)21(4)20-11)6-5-14(18-3)9-13-7-8-19-10-16(13)17/h7-8,10,14,18H,5-6,9H2,1-4H3. The number of likely N-dealkylation sites (N-methyl/N-ethyl adjacent to an activating group) is 1. The fraction of sp³-hybridized carbons (Fsp3) is 0.500. The van der Waals surface area contributed by atoms with Crippen molar-refractivity contribution in [1.82, 2.24) is 20.1 Å². The lowest BCUT2D eigenvalue weighted by Crippen LogP contribution is -2.28. The van der Waals surface area contributed by atoms with Crippen LogP contribution in [0.3, 0.4) is 0 Å². The summed E-state index contributed by atoms with van der Waals surface area (Å²) in [4.78, 5) is 4.03. The van der Waals surface area contributed by atoms with E-state index in [1.54, 1.807) is 12.4 Å². The van der Waals surface area contributed by atoms with Gasteiger partial charge in [-0.25, -0.2) is 0 Å². The molecule has 1 atom stereocenters. The molecule has 2 heterocycles. The quantitative estimate of drug-likeness (QED) is 0.892. The number of hydrogen-bond donors (Lipinski definition) is 1. The smallest absolute Gasteiger partial charge is 0.0628 e. The van der Waals surface area contributed by atoms with Gasteiger partial charge in [0.25, 0.3) is 0 Å². The van der Waals surface area contributed by atoms with Gasteiger partial charge in [-0.2, -0.15) is 5.10 Å². The maximum atomic E-state index is 6.19. The Hall–Kier alpha value is -1.39. The molecular weight excluding hydrogens is 284 g/mol.